The molecule has 16 heavy (non-hydrogen) atoms. The Hall–Kier alpha value is -1.06. The van der Waals surface area contributed by atoms with Gasteiger partial charge in [0.05, 0.1) is 6.10 Å². The predicted molar refractivity (Wildman–Crippen MR) is 66.6 cm³/mol. The van der Waals surface area contributed by atoms with Crippen LogP contribution in [0.5, 0.6) is 0 Å². The molecule has 0 aliphatic carbocycles. The van der Waals surface area contributed by atoms with E-state index in [1.165, 1.54) is 11.3 Å². The molecule has 0 bridgehead atoms. The number of rotatable bonds is 2. The molecule has 1 fully saturated rings. The van der Waals surface area contributed by atoms with Crippen molar-refractivity contribution in [1.29, 1.82) is 0 Å². The van der Waals surface area contributed by atoms with Gasteiger partial charge in [-0.1, -0.05) is 12.1 Å². The molecule has 0 radical (unpaired) electrons. The fourth-order valence-corrected chi connectivity index (χ4v) is 2.07. The number of benzene rings is 1. The lowest BCUT2D eigenvalue weighted by molar-refractivity contribution is 0.0821. The van der Waals surface area contributed by atoms with Crippen molar-refractivity contribution in [3.63, 3.8) is 0 Å². The fourth-order valence-electron chi connectivity index (χ4n) is 2.07. The van der Waals surface area contributed by atoms with Gasteiger partial charge in [0, 0.05) is 31.9 Å². The standard InChI is InChI=1S/C13H20N2O/c1-11-10-15(7-2-8-16-11)13-5-3-12(9-14)4-6-13/h3-6,11H,2,7-10,14H2,1H3. The third kappa shape index (κ3) is 2.74. The highest BCUT2D eigenvalue weighted by Crippen LogP contribution is 2.18. The van der Waals surface area contributed by atoms with E-state index in [0.29, 0.717) is 12.6 Å². The first-order chi connectivity index (χ1) is 7.79. The van der Waals surface area contributed by atoms with Crippen molar-refractivity contribution < 1.29 is 4.74 Å². The Morgan fingerprint density at radius 3 is 2.81 bits per heavy atom. The van der Waals surface area contributed by atoms with E-state index in [1.54, 1.807) is 0 Å². The summed E-state index contributed by atoms with van der Waals surface area (Å²) in [6, 6.07) is 8.51. The fraction of sp³-hybridized carbons (Fsp3) is 0.538. The van der Waals surface area contributed by atoms with E-state index in [2.05, 4.69) is 36.1 Å². The van der Waals surface area contributed by atoms with E-state index >= 15 is 0 Å². The first-order valence-electron chi connectivity index (χ1n) is 5.95. The van der Waals surface area contributed by atoms with Crippen LogP contribution in [0.3, 0.4) is 0 Å². The van der Waals surface area contributed by atoms with Crippen LogP contribution in [0.2, 0.25) is 0 Å². The summed E-state index contributed by atoms with van der Waals surface area (Å²) in [6.07, 6.45) is 1.42. The Kier molecular flexibility index (Phi) is 3.80. The molecule has 0 amide bonds. The molecule has 0 aromatic heterocycles. The average Bonchev–Trinajstić information content (AvgIpc) is 2.54. The Bertz CT molecular complexity index is 323. The summed E-state index contributed by atoms with van der Waals surface area (Å²) in [4.78, 5) is 2.39. The van der Waals surface area contributed by atoms with Gasteiger partial charge in [-0.2, -0.15) is 0 Å². The molecule has 0 spiro atoms. The molecule has 1 saturated heterocycles. The molecule has 1 heterocycles. The maximum absolute atomic E-state index is 5.64. The maximum Gasteiger partial charge on any atom is 0.0721 e. The Morgan fingerprint density at radius 2 is 2.12 bits per heavy atom. The minimum atomic E-state index is 0.316. The molecule has 1 aliphatic heterocycles. The quantitative estimate of drug-likeness (QED) is 0.825. The van der Waals surface area contributed by atoms with Crippen LogP contribution in [0.25, 0.3) is 0 Å². The summed E-state index contributed by atoms with van der Waals surface area (Å²) in [5.41, 5.74) is 8.05. The van der Waals surface area contributed by atoms with Gasteiger partial charge in [-0.3, -0.25) is 0 Å². The molecule has 0 saturated carbocycles. The van der Waals surface area contributed by atoms with Crippen molar-refractivity contribution in [2.75, 3.05) is 24.6 Å². The zero-order valence-corrected chi connectivity index (χ0v) is 9.86. The van der Waals surface area contributed by atoms with E-state index in [-0.39, 0.29) is 0 Å². The summed E-state index contributed by atoms with van der Waals surface area (Å²) in [6.45, 7) is 5.67. The molecule has 88 valence electrons. The molecule has 2 rings (SSSR count). The highest BCUT2D eigenvalue weighted by atomic mass is 16.5. The van der Waals surface area contributed by atoms with E-state index < -0.39 is 0 Å². The lowest BCUT2D eigenvalue weighted by atomic mass is 10.2. The van der Waals surface area contributed by atoms with Gasteiger partial charge in [-0.05, 0) is 31.0 Å². The number of hydrogen-bond acceptors (Lipinski definition) is 3. The van der Waals surface area contributed by atoms with Crippen LogP contribution in [0, 0.1) is 0 Å². The minimum Gasteiger partial charge on any atom is -0.377 e. The van der Waals surface area contributed by atoms with Crippen LogP contribution < -0.4 is 10.6 Å². The topological polar surface area (TPSA) is 38.5 Å². The minimum absolute atomic E-state index is 0.316. The zero-order valence-electron chi connectivity index (χ0n) is 9.86. The van der Waals surface area contributed by atoms with Crippen LogP contribution in [0.1, 0.15) is 18.9 Å². The Labute approximate surface area is 97.2 Å². The van der Waals surface area contributed by atoms with Gasteiger partial charge in [-0.25, -0.2) is 0 Å². The molecular weight excluding hydrogens is 200 g/mol. The monoisotopic (exact) mass is 220 g/mol. The summed E-state index contributed by atoms with van der Waals surface area (Å²) >= 11 is 0. The van der Waals surface area contributed by atoms with Crippen LogP contribution in [0.4, 0.5) is 5.69 Å². The van der Waals surface area contributed by atoms with Gasteiger partial charge < -0.3 is 15.4 Å². The van der Waals surface area contributed by atoms with Crippen molar-refractivity contribution >= 4 is 5.69 Å². The maximum atomic E-state index is 5.64. The third-order valence-electron chi connectivity index (χ3n) is 2.99. The van der Waals surface area contributed by atoms with E-state index in [0.717, 1.165) is 26.1 Å². The van der Waals surface area contributed by atoms with Gasteiger partial charge in [0.25, 0.3) is 0 Å². The number of nitrogens with two attached hydrogens (primary N) is 1. The third-order valence-corrected chi connectivity index (χ3v) is 2.99. The predicted octanol–water partition coefficient (Wildman–Crippen LogP) is 1.76. The molecule has 1 aromatic carbocycles. The van der Waals surface area contributed by atoms with Gasteiger partial charge in [-0.15, -0.1) is 0 Å². The first kappa shape index (κ1) is 11.4. The van der Waals surface area contributed by atoms with Crippen LogP contribution >= 0.6 is 0 Å². The number of nitrogens with zero attached hydrogens (tertiary/aromatic N) is 1. The number of hydrogen-bond donors (Lipinski definition) is 1. The largest absolute Gasteiger partial charge is 0.377 e. The second-order valence-electron chi connectivity index (χ2n) is 4.35. The van der Waals surface area contributed by atoms with Crippen LogP contribution in [0.15, 0.2) is 24.3 Å². The first-order valence-corrected chi connectivity index (χ1v) is 5.95. The van der Waals surface area contributed by atoms with Crippen LogP contribution in [-0.2, 0) is 11.3 Å². The summed E-state index contributed by atoms with van der Waals surface area (Å²) in [5, 5.41) is 0. The number of anilines is 1. The lowest BCUT2D eigenvalue weighted by Crippen LogP contribution is -2.30. The molecule has 1 atom stereocenters. The highest BCUT2D eigenvalue weighted by molar-refractivity contribution is 5.47. The molecule has 2 N–H and O–H groups in total. The van der Waals surface area contributed by atoms with Gasteiger partial charge in [0.2, 0.25) is 0 Å². The van der Waals surface area contributed by atoms with Crippen LogP contribution in [-0.4, -0.2) is 25.8 Å². The zero-order chi connectivity index (χ0) is 11.4. The second kappa shape index (κ2) is 5.32. The number of ether oxygens (including phenoxy) is 1. The molecule has 1 aromatic rings. The lowest BCUT2D eigenvalue weighted by Gasteiger charge is -2.24. The molecular formula is C13H20N2O. The molecule has 1 unspecified atom stereocenters. The van der Waals surface area contributed by atoms with Gasteiger partial charge in [0.15, 0.2) is 0 Å². The summed E-state index contributed by atoms with van der Waals surface area (Å²) < 4.78 is 5.64. The normalized spacial score (nSPS) is 21.9. The summed E-state index contributed by atoms with van der Waals surface area (Å²) in [5.74, 6) is 0. The van der Waals surface area contributed by atoms with Crippen molar-refractivity contribution in [1.82, 2.24) is 0 Å². The highest BCUT2D eigenvalue weighted by Gasteiger charge is 2.14. The van der Waals surface area contributed by atoms with E-state index in [9.17, 15) is 0 Å². The van der Waals surface area contributed by atoms with Gasteiger partial charge >= 0.3 is 0 Å². The van der Waals surface area contributed by atoms with E-state index in [1.807, 2.05) is 0 Å². The Balaban J connectivity index is 2.09. The van der Waals surface area contributed by atoms with Crippen molar-refractivity contribution in [3.05, 3.63) is 29.8 Å². The van der Waals surface area contributed by atoms with E-state index in [4.69, 9.17) is 10.5 Å². The van der Waals surface area contributed by atoms with Crippen molar-refractivity contribution in [2.24, 2.45) is 5.73 Å². The smallest absolute Gasteiger partial charge is 0.0721 e. The molecule has 3 nitrogen and oxygen atoms in total. The average molecular weight is 220 g/mol. The van der Waals surface area contributed by atoms with Crippen molar-refractivity contribution in [2.45, 2.75) is 26.0 Å². The summed E-state index contributed by atoms with van der Waals surface area (Å²) in [7, 11) is 0. The molecule has 3 heteroatoms. The molecule has 1 aliphatic rings. The Morgan fingerprint density at radius 1 is 1.38 bits per heavy atom. The second-order valence-corrected chi connectivity index (χ2v) is 4.35. The van der Waals surface area contributed by atoms with Crippen molar-refractivity contribution in [3.8, 4) is 0 Å². The van der Waals surface area contributed by atoms with Gasteiger partial charge in [0.1, 0.15) is 0 Å². The SMILES string of the molecule is CC1CN(c2ccc(CN)cc2)CCCO1.